The second kappa shape index (κ2) is 5.06. The predicted octanol–water partition coefficient (Wildman–Crippen LogP) is 1.62. The molecule has 0 spiro atoms. The lowest BCUT2D eigenvalue weighted by Crippen LogP contribution is -2.47. The Morgan fingerprint density at radius 1 is 1.00 bits per heavy atom. The third kappa shape index (κ3) is 2.87. The molecule has 5 heteroatoms. The number of benzene rings is 1. The molecule has 0 radical (unpaired) electrons. The van der Waals surface area contributed by atoms with E-state index in [1.807, 2.05) is 18.2 Å². The molecule has 1 aromatic rings. The molecule has 0 aliphatic carbocycles. The zero-order valence-electron chi connectivity index (χ0n) is 11.5. The van der Waals surface area contributed by atoms with Crippen molar-refractivity contribution in [3.8, 4) is 11.5 Å². The van der Waals surface area contributed by atoms with Gasteiger partial charge in [0.2, 0.25) is 0 Å². The molecule has 1 saturated heterocycles. The molecule has 1 aromatic carbocycles. The molecule has 2 aliphatic heterocycles. The maximum Gasteiger partial charge on any atom is 0.494 e. The predicted molar refractivity (Wildman–Crippen MR) is 73.1 cm³/mol. The van der Waals surface area contributed by atoms with Crippen LogP contribution in [0.2, 0.25) is 0 Å². The van der Waals surface area contributed by atoms with Crippen LogP contribution in [0.1, 0.15) is 20.3 Å². The monoisotopic (exact) mass is 262 g/mol. The van der Waals surface area contributed by atoms with Crippen LogP contribution in [0, 0.1) is 5.41 Å². The fraction of sp³-hybridized carbons (Fsp3) is 0.571. The molecule has 102 valence electrons. The second-order valence-corrected chi connectivity index (χ2v) is 5.87. The smallest absolute Gasteiger partial charge is 0.490 e. The van der Waals surface area contributed by atoms with Gasteiger partial charge in [0, 0.05) is 25.0 Å². The normalized spacial score (nSPS) is 21.9. The largest absolute Gasteiger partial charge is 0.494 e. The summed E-state index contributed by atoms with van der Waals surface area (Å²) in [5, 5.41) is 0. The third-order valence-electron chi connectivity index (χ3n) is 3.29. The quantitative estimate of drug-likeness (QED) is 0.720. The van der Waals surface area contributed by atoms with E-state index in [1.54, 1.807) is 0 Å². The fourth-order valence-electron chi connectivity index (χ4n) is 2.21. The average Bonchev–Trinajstić information content (AvgIpc) is 2.63. The van der Waals surface area contributed by atoms with Crippen LogP contribution >= 0.6 is 0 Å². The Kier molecular flexibility index (Phi) is 3.41. The van der Waals surface area contributed by atoms with E-state index in [4.69, 9.17) is 18.8 Å². The van der Waals surface area contributed by atoms with Gasteiger partial charge in [0.15, 0.2) is 11.5 Å². The minimum Gasteiger partial charge on any atom is -0.490 e. The Morgan fingerprint density at radius 2 is 1.68 bits per heavy atom. The SMILES string of the molecule is CC1(C)COB(c2ccc3c(c2)OCCCO3)OC1. The van der Waals surface area contributed by atoms with Crippen molar-refractivity contribution in [2.45, 2.75) is 20.3 Å². The van der Waals surface area contributed by atoms with Gasteiger partial charge >= 0.3 is 7.12 Å². The summed E-state index contributed by atoms with van der Waals surface area (Å²) in [5.41, 5.74) is 1.07. The van der Waals surface area contributed by atoms with Gasteiger partial charge in [-0.05, 0) is 17.6 Å². The van der Waals surface area contributed by atoms with Crippen molar-refractivity contribution >= 4 is 12.6 Å². The summed E-state index contributed by atoms with van der Waals surface area (Å²) < 4.78 is 22.9. The van der Waals surface area contributed by atoms with E-state index in [2.05, 4.69) is 13.8 Å². The van der Waals surface area contributed by atoms with E-state index in [1.165, 1.54) is 0 Å². The number of ether oxygens (including phenoxy) is 2. The Morgan fingerprint density at radius 3 is 2.42 bits per heavy atom. The maximum absolute atomic E-state index is 5.78. The zero-order valence-corrected chi connectivity index (χ0v) is 11.5. The van der Waals surface area contributed by atoms with E-state index in [9.17, 15) is 0 Å². The highest BCUT2D eigenvalue weighted by Crippen LogP contribution is 2.29. The molecule has 4 nitrogen and oxygen atoms in total. The lowest BCUT2D eigenvalue weighted by atomic mass is 9.76. The first kappa shape index (κ1) is 12.8. The van der Waals surface area contributed by atoms with Crippen LogP contribution in [0.15, 0.2) is 18.2 Å². The van der Waals surface area contributed by atoms with Gasteiger partial charge in [-0.15, -0.1) is 0 Å². The van der Waals surface area contributed by atoms with Gasteiger partial charge in [0.05, 0.1) is 13.2 Å². The van der Waals surface area contributed by atoms with Crippen LogP contribution in [-0.4, -0.2) is 33.5 Å². The molecule has 0 bridgehead atoms. The zero-order chi connectivity index (χ0) is 13.3. The van der Waals surface area contributed by atoms with E-state index >= 15 is 0 Å². The summed E-state index contributed by atoms with van der Waals surface area (Å²) in [4.78, 5) is 0. The van der Waals surface area contributed by atoms with Crippen molar-refractivity contribution in [3.63, 3.8) is 0 Å². The van der Waals surface area contributed by atoms with Crippen LogP contribution in [-0.2, 0) is 9.31 Å². The highest BCUT2D eigenvalue weighted by Gasteiger charge is 2.34. The Hall–Kier alpha value is -1.20. The minimum atomic E-state index is -0.301. The molecular formula is C14H19BO4. The van der Waals surface area contributed by atoms with E-state index in [0.29, 0.717) is 26.4 Å². The van der Waals surface area contributed by atoms with Gasteiger partial charge in [-0.25, -0.2) is 0 Å². The summed E-state index contributed by atoms with van der Waals surface area (Å²) in [6, 6.07) is 5.88. The number of rotatable bonds is 1. The lowest BCUT2D eigenvalue weighted by Gasteiger charge is -2.33. The first-order chi connectivity index (χ1) is 9.14. The minimum absolute atomic E-state index is 0.0851. The van der Waals surface area contributed by atoms with E-state index in [-0.39, 0.29) is 12.5 Å². The summed E-state index contributed by atoms with van der Waals surface area (Å²) in [6.07, 6.45) is 0.911. The highest BCUT2D eigenvalue weighted by molar-refractivity contribution is 6.61. The number of hydrogen-bond acceptors (Lipinski definition) is 4. The topological polar surface area (TPSA) is 36.9 Å². The van der Waals surface area contributed by atoms with Gasteiger partial charge in [-0.2, -0.15) is 0 Å². The summed E-state index contributed by atoms with van der Waals surface area (Å²) in [7, 11) is -0.301. The number of fused-ring (bicyclic) bond motifs is 1. The molecule has 0 saturated carbocycles. The molecule has 19 heavy (non-hydrogen) atoms. The molecule has 0 unspecified atom stereocenters. The van der Waals surface area contributed by atoms with E-state index in [0.717, 1.165) is 23.4 Å². The Balaban J connectivity index is 1.77. The van der Waals surface area contributed by atoms with Gasteiger partial charge in [0.1, 0.15) is 0 Å². The Labute approximate surface area is 114 Å². The standard InChI is InChI=1S/C14H19BO4/c1-14(2)9-18-15(19-10-14)11-4-5-12-13(8-11)17-7-3-6-16-12/h4-5,8H,3,6-7,9-10H2,1-2H3. The van der Waals surface area contributed by atoms with Gasteiger partial charge in [-0.1, -0.05) is 19.9 Å². The molecule has 3 rings (SSSR count). The Bertz CT molecular complexity index is 451. The summed E-state index contributed by atoms with van der Waals surface area (Å²) in [6.45, 7) is 7.07. The van der Waals surface area contributed by atoms with Crippen molar-refractivity contribution in [1.82, 2.24) is 0 Å². The molecule has 2 aliphatic rings. The van der Waals surface area contributed by atoms with Gasteiger partial charge in [0.25, 0.3) is 0 Å². The van der Waals surface area contributed by atoms with Crippen molar-refractivity contribution < 1.29 is 18.8 Å². The fourth-order valence-corrected chi connectivity index (χ4v) is 2.21. The maximum atomic E-state index is 5.78. The summed E-state index contributed by atoms with van der Waals surface area (Å²) in [5.74, 6) is 1.59. The first-order valence-corrected chi connectivity index (χ1v) is 6.77. The lowest BCUT2D eigenvalue weighted by molar-refractivity contribution is 0.0343. The van der Waals surface area contributed by atoms with Crippen LogP contribution < -0.4 is 14.9 Å². The number of hydrogen-bond donors (Lipinski definition) is 0. The first-order valence-electron chi connectivity index (χ1n) is 6.77. The molecule has 1 fully saturated rings. The van der Waals surface area contributed by atoms with Crippen LogP contribution in [0.4, 0.5) is 0 Å². The van der Waals surface area contributed by atoms with Crippen molar-refractivity contribution in [2.75, 3.05) is 26.4 Å². The molecule has 2 heterocycles. The molecule has 0 aromatic heterocycles. The van der Waals surface area contributed by atoms with Crippen molar-refractivity contribution in [1.29, 1.82) is 0 Å². The molecule has 0 amide bonds. The van der Waals surface area contributed by atoms with Crippen LogP contribution in [0.5, 0.6) is 11.5 Å². The summed E-state index contributed by atoms with van der Waals surface area (Å²) >= 11 is 0. The van der Waals surface area contributed by atoms with Crippen molar-refractivity contribution in [3.05, 3.63) is 18.2 Å². The highest BCUT2D eigenvalue weighted by atomic mass is 16.6. The van der Waals surface area contributed by atoms with Crippen LogP contribution in [0.3, 0.4) is 0 Å². The van der Waals surface area contributed by atoms with Gasteiger partial charge < -0.3 is 18.8 Å². The van der Waals surface area contributed by atoms with Crippen LogP contribution in [0.25, 0.3) is 0 Å². The van der Waals surface area contributed by atoms with Crippen molar-refractivity contribution in [2.24, 2.45) is 5.41 Å². The third-order valence-corrected chi connectivity index (χ3v) is 3.29. The van der Waals surface area contributed by atoms with Gasteiger partial charge in [-0.3, -0.25) is 0 Å². The average molecular weight is 262 g/mol. The molecule has 0 atom stereocenters. The molecule has 0 N–H and O–H groups in total. The molecular weight excluding hydrogens is 243 g/mol. The van der Waals surface area contributed by atoms with E-state index < -0.39 is 0 Å². The second-order valence-electron chi connectivity index (χ2n) is 5.87.